The molecule has 1 aromatic rings. The highest BCUT2D eigenvalue weighted by molar-refractivity contribution is 5.11. The SMILES string of the molecule is CCN1C=CN(C)C1C.Cc1ccccc1. The number of rotatable bonds is 1. The van der Waals surface area contributed by atoms with Crippen molar-refractivity contribution in [3.05, 3.63) is 48.3 Å². The number of nitrogens with zero attached hydrogens (tertiary/aromatic N) is 2. The number of hydrogen-bond acceptors (Lipinski definition) is 2. The van der Waals surface area contributed by atoms with Crippen molar-refractivity contribution in [2.45, 2.75) is 26.9 Å². The van der Waals surface area contributed by atoms with Gasteiger partial charge in [0.15, 0.2) is 0 Å². The Morgan fingerprint density at radius 2 is 1.75 bits per heavy atom. The fourth-order valence-electron chi connectivity index (χ4n) is 1.58. The Morgan fingerprint density at radius 1 is 1.12 bits per heavy atom. The first-order valence-electron chi connectivity index (χ1n) is 5.82. The van der Waals surface area contributed by atoms with Crippen LogP contribution in [-0.2, 0) is 0 Å². The van der Waals surface area contributed by atoms with Gasteiger partial charge < -0.3 is 9.80 Å². The molecule has 2 rings (SSSR count). The van der Waals surface area contributed by atoms with E-state index in [1.54, 1.807) is 0 Å². The summed E-state index contributed by atoms with van der Waals surface area (Å²) in [5, 5.41) is 0. The molecule has 0 amide bonds. The van der Waals surface area contributed by atoms with E-state index in [9.17, 15) is 0 Å². The summed E-state index contributed by atoms with van der Waals surface area (Å²) in [5.74, 6) is 0. The molecule has 2 heteroatoms. The molecule has 1 aliphatic heterocycles. The molecule has 0 spiro atoms. The normalized spacial score (nSPS) is 18.4. The van der Waals surface area contributed by atoms with Crippen molar-refractivity contribution >= 4 is 0 Å². The third-order valence-corrected chi connectivity index (χ3v) is 2.87. The monoisotopic (exact) mass is 218 g/mol. The van der Waals surface area contributed by atoms with Gasteiger partial charge in [-0.1, -0.05) is 35.9 Å². The van der Waals surface area contributed by atoms with E-state index in [2.05, 4.69) is 62.2 Å². The molecule has 2 nitrogen and oxygen atoms in total. The van der Waals surface area contributed by atoms with E-state index in [0.717, 1.165) is 6.54 Å². The molecule has 0 bridgehead atoms. The minimum atomic E-state index is 0.551. The maximum Gasteiger partial charge on any atom is 0.0974 e. The Morgan fingerprint density at radius 3 is 2.00 bits per heavy atom. The van der Waals surface area contributed by atoms with Crippen LogP contribution in [0.15, 0.2) is 42.7 Å². The van der Waals surface area contributed by atoms with Crippen LogP contribution in [-0.4, -0.2) is 29.6 Å². The Hall–Kier alpha value is -1.44. The van der Waals surface area contributed by atoms with E-state index in [1.165, 1.54) is 5.56 Å². The lowest BCUT2D eigenvalue weighted by molar-refractivity contribution is 0.203. The van der Waals surface area contributed by atoms with Crippen LogP contribution in [0, 0.1) is 6.92 Å². The molecule has 1 heterocycles. The molecule has 0 fully saturated rings. The minimum Gasteiger partial charge on any atom is -0.359 e. The molecule has 16 heavy (non-hydrogen) atoms. The Balaban J connectivity index is 0.000000165. The zero-order valence-corrected chi connectivity index (χ0v) is 10.7. The second-order valence-corrected chi connectivity index (χ2v) is 4.08. The number of benzene rings is 1. The zero-order valence-electron chi connectivity index (χ0n) is 10.7. The molecule has 0 saturated heterocycles. The Bertz CT molecular complexity index is 319. The van der Waals surface area contributed by atoms with Crippen molar-refractivity contribution in [1.29, 1.82) is 0 Å². The third kappa shape index (κ3) is 3.61. The zero-order chi connectivity index (χ0) is 12.0. The minimum absolute atomic E-state index is 0.551. The molecule has 1 unspecified atom stereocenters. The molecule has 88 valence electrons. The van der Waals surface area contributed by atoms with Gasteiger partial charge in [-0.2, -0.15) is 0 Å². The van der Waals surface area contributed by atoms with Gasteiger partial charge in [0.1, 0.15) is 0 Å². The van der Waals surface area contributed by atoms with Crippen LogP contribution in [0.1, 0.15) is 19.4 Å². The Labute approximate surface area is 99.2 Å². The molecule has 0 aromatic heterocycles. The van der Waals surface area contributed by atoms with Crippen LogP contribution in [0.5, 0.6) is 0 Å². The van der Waals surface area contributed by atoms with Crippen molar-refractivity contribution in [2.24, 2.45) is 0 Å². The molecular formula is C14H22N2. The van der Waals surface area contributed by atoms with Crippen molar-refractivity contribution in [2.75, 3.05) is 13.6 Å². The van der Waals surface area contributed by atoms with Gasteiger partial charge in [-0.05, 0) is 20.8 Å². The van der Waals surface area contributed by atoms with E-state index in [1.807, 2.05) is 18.2 Å². The molecule has 0 saturated carbocycles. The summed E-state index contributed by atoms with van der Waals surface area (Å²) < 4.78 is 0. The summed E-state index contributed by atoms with van der Waals surface area (Å²) in [5.41, 5.74) is 1.32. The highest BCUT2D eigenvalue weighted by Gasteiger charge is 2.15. The van der Waals surface area contributed by atoms with E-state index >= 15 is 0 Å². The third-order valence-electron chi connectivity index (χ3n) is 2.87. The van der Waals surface area contributed by atoms with Crippen LogP contribution in [0.3, 0.4) is 0 Å². The molecule has 1 aromatic carbocycles. The van der Waals surface area contributed by atoms with Crippen molar-refractivity contribution < 1.29 is 0 Å². The second kappa shape index (κ2) is 6.21. The van der Waals surface area contributed by atoms with Crippen LogP contribution in [0.2, 0.25) is 0 Å². The predicted molar refractivity (Wildman–Crippen MR) is 69.9 cm³/mol. The predicted octanol–water partition coefficient (Wildman–Crippen LogP) is 3.07. The molecule has 1 atom stereocenters. The smallest absolute Gasteiger partial charge is 0.0974 e. The lowest BCUT2D eigenvalue weighted by Gasteiger charge is -2.25. The topological polar surface area (TPSA) is 6.48 Å². The van der Waals surface area contributed by atoms with Gasteiger partial charge in [0.05, 0.1) is 6.17 Å². The fraction of sp³-hybridized carbons (Fsp3) is 0.429. The van der Waals surface area contributed by atoms with E-state index < -0.39 is 0 Å². The lowest BCUT2D eigenvalue weighted by Crippen LogP contribution is -2.33. The quantitative estimate of drug-likeness (QED) is 0.715. The van der Waals surface area contributed by atoms with Gasteiger partial charge in [-0.3, -0.25) is 0 Å². The maximum absolute atomic E-state index is 2.29. The first-order valence-corrected chi connectivity index (χ1v) is 5.82. The van der Waals surface area contributed by atoms with Gasteiger partial charge in [0, 0.05) is 26.0 Å². The van der Waals surface area contributed by atoms with Crippen molar-refractivity contribution in [3.8, 4) is 0 Å². The molecule has 0 aliphatic carbocycles. The summed E-state index contributed by atoms with van der Waals surface area (Å²) >= 11 is 0. The molecule has 0 radical (unpaired) electrons. The maximum atomic E-state index is 2.29. The van der Waals surface area contributed by atoms with Crippen LogP contribution in [0.25, 0.3) is 0 Å². The summed E-state index contributed by atoms with van der Waals surface area (Å²) in [7, 11) is 2.09. The van der Waals surface area contributed by atoms with Crippen LogP contribution >= 0.6 is 0 Å². The second-order valence-electron chi connectivity index (χ2n) is 4.08. The largest absolute Gasteiger partial charge is 0.359 e. The van der Waals surface area contributed by atoms with Gasteiger partial charge in [-0.25, -0.2) is 0 Å². The van der Waals surface area contributed by atoms with Gasteiger partial charge in [0.25, 0.3) is 0 Å². The summed E-state index contributed by atoms with van der Waals surface area (Å²) in [4.78, 5) is 4.49. The number of aryl methyl sites for hydroxylation is 1. The van der Waals surface area contributed by atoms with Gasteiger partial charge in [-0.15, -0.1) is 0 Å². The van der Waals surface area contributed by atoms with Gasteiger partial charge in [0.2, 0.25) is 0 Å². The molecule has 0 N–H and O–H groups in total. The fourth-order valence-corrected chi connectivity index (χ4v) is 1.58. The highest BCUT2D eigenvalue weighted by atomic mass is 15.4. The first kappa shape index (κ1) is 12.6. The summed E-state index contributed by atoms with van der Waals surface area (Å²) in [6, 6.07) is 10.3. The van der Waals surface area contributed by atoms with E-state index in [0.29, 0.717) is 6.17 Å². The average Bonchev–Trinajstić information content (AvgIpc) is 2.61. The summed E-state index contributed by atoms with van der Waals surface area (Å²) in [6.07, 6.45) is 4.79. The van der Waals surface area contributed by atoms with E-state index in [4.69, 9.17) is 0 Å². The van der Waals surface area contributed by atoms with Crippen molar-refractivity contribution in [3.63, 3.8) is 0 Å². The summed E-state index contributed by atoms with van der Waals surface area (Å²) in [6.45, 7) is 7.55. The number of hydrogen-bond donors (Lipinski definition) is 0. The van der Waals surface area contributed by atoms with E-state index in [-0.39, 0.29) is 0 Å². The molecular weight excluding hydrogens is 196 g/mol. The first-order chi connectivity index (χ1) is 7.65. The standard InChI is InChI=1S/C7H14N2.C7H8/c1-4-9-6-5-8(3)7(9)2;1-7-5-3-2-4-6-7/h5-7H,4H2,1-3H3;2-6H,1H3. The van der Waals surface area contributed by atoms with Crippen molar-refractivity contribution in [1.82, 2.24) is 9.80 Å². The average molecular weight is 218 g/mol. The van der Waals surface area contributed by atoms with Gasteiger partial charge >= 0.3 is 0 Å². The van der Waals surface area contributed by atoms with Crippen LogP contribution < -0.4 is 0 Å². The lowest BCUT2D eigenvalue weighted by atomic mass is 10.2. The Kier molecular flexibility index (Phi) is 4.90. The van der Waals surface area contributed by atoms with Crippen LogP contribution in [0.4, 0.5) is 0 Å². The molecule has 1 aliphatic rings. The highest BCUT2D eigenvalue weighted by Crippen LogP contribution is 2.11.